The summed E-state index contributed by atoms with van der Waals surface area (Å²) in [6, 6.07) is 17.1. The Balaban J connectivity index is 1.26. The van der Waals surface area contributed by atoms with Gasteiger partial charge in [0.15, 0.2) is 5.82 Å². The molecule has 0 bridgehead atoms. The molecule has 202 valence electrons. The molecule has 2 aliphatic heterocycles. The normalized spacial score (nSPS) is 18.8. The quantitative estimate of drug-likeness (QED) is 0.328. The zero-order valence-electron chi connectivity index (χ0n) is 22.5. The maximum Gasteiger partial charge on any atom is 0.254 e. The van der Waals surface area contributed by atoms with Crippen molar-refractivity contribution in [3.8, 4) is 22.6 Å². The van der Waals surface area contributed by atoms with Crippen molar-refractivity contribution >= 4 is 33.5 Å². The number of nitrogens with zero attached hydrogens (tertiary/aromatic N) is 5. The summed E-state index contributed by atoms with van der Waals surface area (Å²) < 4.78 is 4.81. The Kier molecular flexibility index (Phi) is 5.45. The molecule has 8 heteroatoms. The molecule has 0 spiro atoms. The van der Waals surface area contributed by atoms with E-state index in [1.807, 2.05) is 35.5 Å². The van der Waals surface area contributed by atoms with Gasteiger partial charge in [0.25, 0.3) is 5.91 Å². The van der Waals surface area contributed by atoms with Crippen molar-refractivity contribution in [3.05, 3.63) is 66.5 Å². The minimum Gasteiger partial charge on any atom is -0.381 e. The van der Waals surface area contributed by atoms with Gasteiger partial charge in [0.1, 0.15) is 0 Å². The second kappa shape index (κ2) is 9.20. The second-order valence-electron chi connectivity index (χ2n) is 11.7. The monoisotopic (exact) mass is 531 g/mol. The molecule has 2 fully saturated rings. The fraction of sp³-hybridized carbons (Fsp3) is 0.344. The lowest BCUT2D eigenvalue weighted by atomic mass is 10.0. The molecule has 1 amide bonds. The Morgan fingerprint density at radius 2 is 1.98 bits per heavy atom. The van der Waals surface area contributed by atoms with Crippen LogP contribution in [0.25, 0.3) is 44.6 Å². The molecule has 0 radical (unpaired) electrons. The summed E-state index contributed by atoms with van der Waals surface area (Å²) in [7, 11) is 0. The number of nitrogens with two attached hydrogens (primary N) is 1. The largest absolute Gasteiger partial charge is 0.381 e. The highest BCUT2D eigenvalue weighted by Gasteiger charge is 2.29. The summed E-state index contributed by atoms with van der Waals surface area (Å²) in [5.74, 6) is 1.74. The van der Waals surface area contributed by atoms with Crippen molar-refractivity contribution in [1.29, 1.82) is 0 Å². The molecule has 3 aromatic heterocycles. The lowest BCUT2D eigenvalue weighted by Crippen LogP contribution is -2.45. The molecule has 3 aliphatic rings. The zero-order valence-corrected chi connectivity index (χ0v) is 22.5. The smallest absolute Gasteiger partial charge is 0.254 e. The molecule has 5 heterocycles. The third kappa shape index (κ3) is 3.97. The Morgan fingerprint density at radius 1 is 1.05 bits per heavy atom. The number of benzene rings is 2. The highest BCUT2D eigenvalue weighted by atomic mass is 16.2. The van der Waals surface area contributed by atoms with Gasteiger partial charge in [-0.15, -0.1) is 0 Å². The molecule has 2 aromatic carbocycles. The topological polar surface area (TPSA) is 94.0 Å². The van der Waals surface area contributed by atoms with E-state index in [1.54, 1.807) is 0 Å². The summed E-state index contributed by atoms with van der Waals surface area (Å²) >= 11 is 0. The number of carbonyl (C=O) groups excluding carboxylic acids is 1. The van der Waals surface area contributed by atoms with E-state index in [0.717, 1.165) is 84.3 Å². The first-order valence-electron chi connectivity index (χ1n) is 14.5. The summed E-state index contributed by atoms with van der Waals surface area (Å²) in [6.45, 7) is 4.00. The van der Waals surface area contributed by atoms with Gasteiger partial charge in [-0.1, -0.05) is 12.1 Å². The molecule has 1 atom stereocenters. The van der Waals surface area contributed by atoms with Crippen LogP contribution in [0.2, 0.25) is 0 Å². The predicted molar refractivity (Wildman–Crippen MR) is 158 cm³/mol. The van der Waals surface area contributed by atoms with E-state index < -0.39 is 0 Å². The SMILES string of the molecule is N[C@@H]1CCCN(C(=O)c2cc3c4c(c2)nc(-c2cc5cc(-c6cccnc6)ccc5n2CC2CC2)n4CCN3)C1. The van der Waals surface area contributed by atoms with Crippen molar-refractivity contribution in [1.82, 2.24) is 24.0 Å². The van der Waals surface area contributed by atoms with Gasteiger partial charge in [0, 0.05) is 73.2 Å². The van der Waals surface area contributed by atoms with Gasteiger partial charge in [0.05, 0.1) is 22.4 Å². The molecule has 3 N–H and O–H groups in total. The molecule has 40 heavy (non-hydrogen) atoms. The fourth-order valence-electron chi connectivity index (χ4n) is 6.54. The number of amides is 1. The highest BCUT2D eigenvalue weighted by molar-refractivity contribution is 6.03. The maximum atomic E-state index is 13.5. The number of imidazole rings is 1. The Morgan fingerprint density at radius 3 is 2.80 bits per heavy atom. The van der Waals surface area contributed by atoms with E-state index in [9.17, 15) is 4.79 Å². The molecular weight excluding hydrogens is 498 g/mol. The molecule has 8 nitrogen and oxygen atoms in total. The Bertz CT molecular complexity index is 1770. The van der Waals surface area contributed by atoms with Crippen LogP contribution in [0.3, 0.4) is 0 Å². The van der Waals surface area contributed by atoms with Crippen molar-refractivity contribution in [2.75, 3.05) is 25.0 Å². The minimum atomic E-state index is 0.0440. The summed E-state index contributed by atoms with van der Waals surface area (Å²) in [4.78, 5) is 24.9. The second-order valence-corrected chi connectivity index (χ2v) is 11.7. The minimum absolute atomic E-state index is 0.0440. The number of piperidine rings is 1. The molecule has 0 unspecified atom stereocenters. The number of rotatable bonds is 5. The van der Waals surface area contributed by atoms with Crippen LogP contribution in [-0.2, 0) is 13.1 Å². The third-order valence-corrected chi connectivity index (χ3v) is 8.75. The van der Waals surface area contributed by atoms with Crippen molar-refractivity contribution in [2.45, 2.75) is 44.8 Å². The molecule has 8 rings (SSSR count). The van der Waals surface area contributed by atoms with Crippen LogP contribution in [-0.4, -0.2) is 55.6 Å². The van der Waals surface area contributed by atoms with Crippen LogP contribution in [0.15, 0.2) is 60.9 Å². The van der Waals surface area contributed by atoms with Crippen molar-refractivity contribution < 1.29 is 4.79 Å². The zero-order chi connectivity index (χ0) is 26.8. The van der Waals surface area contributed by atoms with Crippen molar-refractivity contribution in [3.63, 3.8) is 0 Å². The lowest BCUT2D eigenvalue weighted by molar-refractivity contribution is 0.0709. The number of fused-ring (bicyclic) bond motifs is 1. The van der Waals surface area contributed by atoms with Crippen LogP contribution < -0.4 is 11.1 Å². The number of carbonyl (C=O) groups is 1. The standard InChI is InChI=1S/C32H33N7O/c33-25-4-2-11-37(19-25)32(40)24-14-26-30-27(15-24)36-31(38(30)12-10-35-26)29-16-23-13-21(22-3-1-9-34-17-22)7-8-28(23)39(29)18-20-5-6-20/h1,3,7-9,13-17,20,25,35H,2,4-6,10-12,18-19,33H2/t25-/m1/s1. The van der Waals surface area contributed by atoms with Gasteiger partial charge in [-0.3, -0.25) is 9.78 Å². The lowest BCUT2D eigenvalue weighted by Gasteiger charge is -2.31. The molecule has 1 aliphatic carbocycles. The number of pyridine rings is 1. The van der Waals surface area contributed by atoms with E-state index in [-0.39, 0.29) is 11.9 Å². The average molecular weight is 532 g/mol. The number of aromatic nitrogens is 4. The van der Waals surface area contributed by atoms with E-state index >= 15 is 0 Å². The first kappa shape index (κ1) is 23.7. The van der Waals surface area contributed by atoms with Gasteiger partial charge < -0.3 is 25.1 Å². The summed E-state index contributed by atoms with van der Waals surface area (Å²) in [6.07, 6.45) is 8.21. The van der Waals surface area contributed by atoms with Gasteiger partial charge in [-0.05, 0) is 73.6 Å². The molecular formula is C32H33N7O. The Hall–Kier alpha value is -4.17. The number of anilines is 1. The van der Waals surface area contributed by atoms with E-state index in [4.69, 9.17) is 10.7 Å². The maximum absolute atomic E-state index is 13.5. The fourth-order valence-corrected chi connectivity index (χ4v) is 6.54. The Labute approximate surface area is 232 Å². The van der Waals surface area contributed by atoms with Gasteiger partial charge in [0.2, 0.25) is 0 Å². The molecule has 5 aromatic rings. The van der Waals surface area contributed by atoms with Crippen LogP contribution >= 0.6 is 0 Å². The summed E-state index contributed by atoms with van der Waals surface area (Å²) in [5, 5.41) is 4.75. The van der Waals surface area contributed by atoms with Crippen LogP contribution in [0, 0.1) is 5.92 Å². The van der Waals surface area contributed by atoms with E-state index in [2.05, 4.69) is 49.8 Å². The van der Waals surface area contributed by atoms with Crippen molar-refractivity contribution in [2.24, 2.45) is 11.7 Å². The van der Waals surface area contributed by atoms with Gasteiger partial charge in [-0.2, -0.15) is 0 Å². The average Bonchev–Trinajstić information content (AvgIpc) is 3.64. The van der Waals surface area contributed by atoms with E-state index in [1.165, 1.54) is 23.7 Å². The first-order valence-corrected chi connectivity index (χ1v) is 14.5. The molecule has 1 saturated carbocycles. The number of hydrogen-bond acceptors (Lipinski definition) is 5. The number of likely N-dealkylation sites (tertiary alicyclic amines) is 1. The number of hydrogen-bond donors (Lipinski definition) is 2. The van der Waals surface area contributed by atoms with E-state index in [0.29, 0.717) is 12.1 Å². The van der Waals surface area contributed by atoms with Gasteiger partial charge in [-0.25, -0.2) is 4.98 Å². The molecule has 1 saturated heterocycles. The summed E-state index contributed by atoms with van der Waals surface area (Å²) in [5.41, 5.74) is 14.4. The van der Waals surface area contributed by atoms with Gasteiger partial charge >= 0.3 is 0 Å². The van der Waals surface area contributed by atoms with Crippen LogP contribution in [0.1, 0.15) is 36.0 Å². The first-order chi connectivity index (χ1) is 19.6. The van der Waals surface area contributed by atoms with Crippen LogP contribution in [0.5, 0.6) is 0 Å². The third-order valence-electron chi connectivity index (χ3n) is 8.75. The predicted octanol–water partition coefficient (Wildman–Crippen LogP) is 5.12. The number of nitrogens with one attached hydrogen (secondary N) is 1. The highest BCUT2D eigenvalue weighted by Crippen LogP contribution is 2.39. The van der Waals surface area contributed by atoms with Crippen LogP contribution in [0.4, 0.5) is 5.69 Å².